The van der Waals surface area contributed by atoms with Gasteiger partial charge in [0.15, 0.2) is 23.6 Å². The van der Waals surface area contributed by atoms with Gasteiger partial charge >= 0.3 is 18.0 Å². The van der Waals surface area contributed by atoms with Gasteiger partial charge < -0.3 is 10.4 Å². The maximum atomic E-state index is 13.0. The number of benzene rings is 1. The first-order valence-electron chi connectivity index (χ1n) is 11.1. The Labute approximate surface area is 224 Å². The molecule has 0 saturated carbocycles. The molecule has 2 N–H and O–H groups in total. The van der Waals surface area contributed by atoms with Crippen molar-refractivity contribution >= 4 is 17.5 Å². The third-order valence-electron chi connectivity index (χ3n) is 5.29. The van der Waals surface area contributed by atoms with Gasteiger partial charge in [0.1, 0.15) is 19.4 Å². The number of amides is 1. The number of aromatic nitrogens is 7. The van der Waals surface area contributed by atoms with Crippen LogP contribution in [0.2, 0.25) is 5.02 Å². The van der Waals surface area contributed by atoms with Crippen molar-refractivity contribution in [1.82, 2.24) is 39.4 Å². The van der Waals surface area contributed by atoms with E-state index >= 15 is 0 Å². The number of pyridine rings is 1. The number of aliphatic hydroxyl groups is 1. The lowest BCUT2D eigenvalue weighted by Gasteiger charge is -2.15. The van der Waals surface area contributed by atoms with Crippen molar-refractivity contribution in [3.63, 3.8) is 0 Å². The zero-order valence-corrected chi connectivity index (χ0v) is 20.6. The zero-order valence-electron chi connectivity index (χ0n) is 19.9. The lowest BCUT2D eigenvalue weighted by molar-refractivity contribution is -0.207. The number of nitrogens with zero attached hydrogens (tertiary/aromatic N) is 7. The van der Waals surface area contributed by atoms with E-state index in [1.807, 2.05) is 0 Å². The molecule has 18 heteroatoms. The molecule has 3 heterocycles. The topological polar surface area (TPSA) is 133 Å². The Morgan fingerprint density at radius 3 is 2.40 bits per heavy atom. The van der Waals surface area contributed by atoms with Crippen molar-refractivity contribution < 1.29 is 36.2 Å². The molecule has 0 radical (unpaired) electrons. The summed E-state index contributed by atoms with van der Waals surface area (Å²) in [6.07, 6.45) is -10.2. The molecule has 1 aromatic carbocycles. The van der Waals surface area contributed by atoms with Crippen LogP contribution in [0.25, 0.3) is 17.2 Å². The highest BCUT2D eigenvalue weighted by Gasteiger charge is 2.39. The maximum Gasteiger partial charge on any atom is 0.416 e. The van der Waals surface area contributed by atoms with E-state index in [0.717, 1.165) is 15.7 Å². The SMILES string of the molecule is O=C(NCC(F)(F)F)c1cccnc1-n1cnc(Cn2nc(-c3ccc(Cl)cc3)n(CC(O)C(F)(F)F)c2=O)n1. The van der Waals surface area contributed by atoms with Gasteiger partial charge in [-0.3, -0.25) is 9.36 Å². The predicted octanol–water partition coefficient (Wildman–Crippen LogP) is 2.60. The van der Waals surface area contributed by atoms with Crippen LogP contribution in [0.1, 0.15) is 16.2 Å². The van der Waals surface area contributed by atoms with Gasteiger partial charge in [-0.1, -0.05) is 11.6 Å². The second-order valence-electron chi connectivity index (χ2n) is 8.22. The lowest BCUT2D eigenvalue weighted by Crippen LogP contribution is -2.37. The third-order valence-corrected chi connectivity index (χ3v) is 5.54. The fourth-order valence-electron chi connectivity index (χ4n) is 3.44. The molecule has 0 aliphatic heterocycles. The average Bonchev–Trinajstić information content (AvgIpc) is 3.47. The van der Waals surface area contributed by atoms with Crippen molar-refractivity contribution in [3.05, 3.63) is 75.8 Å². The van der Waals surface area contributed by atoms with E-state index in [1.54, 1.807) is 5.32 Å². The molecule has 0 saturated heterocycles. The zero-order chi connectivity index (χ0) is 29.2. The summed E-state index contributed by atoms with van der Waals surface area (Å²) in [5, 5.41) is 19.8. The van der Waals surface area contributed by atoms with E-state index in [1.165, 1.54) is 42.6 Å². The Hall–Kier alpha value is -4.25. The Morgan fingerprint density at radius 1 is 1.05 bits per heavy atom. The Morgan fingerprint density at radius 2 is 1.75 bits per heavy atom. The minimum atomic E-state index is -5.01. The van der Waals surface area contributed by atoms with Gasteiger partial charge in [-0.15, -0.1) is 10.2 Å². The summed E-state index contributed by atoms with van der Waals surface area (Å²) in [5.41, 5.74) is -1.04. The van der Waals surface area contributed by atoms with Gasteiger partial charge in [0.2, 0.25) is 0 Å². The second-order valence-corrected chi connectivity index (χ2v) is 8.65. The number of alkyl halides is 6. The van der Waals surface area contributed by atoms with Crippen LogP contribution >= 0.6 is 11.6 Å². The summed E-state index contributed by atoms with van der Waals surface area (Å²) in [6, 6.07) is 8.25. The molecule has 0 spiro atoms. The van der Waals surface area contributed by atoms with Crippen LogP contribution in [0.4, 0.5) is 26.3 Å². The number of carbonyl (C=O) groups is 1. The van der Waals surface area contributed by atoms with Crippen molar-refractivity contribution in [1.29, 1.82) is 0 Å². The Kier molecular flexibility index (Phi) is 7.97. The van der Waals surface area contributed by atoms with E-state index in [-0.39, 0.29) is 28.6 Å². The molecule has 4 rings (SSSR count). The molecular formula is C22H17ClF6N8O3. The van der Waals surface area contributed by atoms with Crippen LogP contribution in [0.5, 0.6) is 0 Å². The lowest BCUT2D eigenvalue weighted by atomic mass is 10.2. The minimum Gasteiger partial charge on any atom is -0.382 e. The summed E-state index contributed by atoms with van der Waals surface area (Å²) < 4.78 is 79.1. The third kappa shape index (κ3) is 6.66. The molecular weight excluding hydrogens is 574 g/mol. The smallest absolute Gasteiger partial charge is 0.382 e. The van der Waals surface area contributed by atoms with Gasteiger partial charge in [0, 0.05) is 16.8 Å². The van der Waals surface area contributed by atoms with Crippen molar-refractivity contribution in [2.75, 3.05) is 6.54 Å². The summed E-state index contributed by atoms with van der Waals surface area (Å²) >= 11 is 5.87. The summed E-state index contributed by atoms with van der Waals surface area (Å²) in [5.74, 6) is -1.55. The first kappa shape index (κ1) is 28.8. The number of halogens is 7. The number of rotatable bonds is 8. The van der Waals surface area contributed by atoms with Crippen LogP contribution in [-0.4, -0.2) is 70.1 Å². The first-order chi connectivity index (χ1) is 18.7. The minimum absolute atomic E-state index is 0.0990. The van der Waals surface area contributed by atoms with Crippen LogP contribution in [-0.2, 0) is 13.1 Å². The molecule has 3 aromatic heterocycles. The molecule has 0 fully saturated rings. The molecule has 0 aliphatic carbocycles. The van der Waals surface area contributed by atoms with Crippen molar-refractivity contribution in [3.8, 4) is 17.2 Å². The molecule has 40 heavy (non-hydrogen) atoms. The van der Waals surface area contributed by atoms with Crippen LogP contribution in [0, 0.1) is 0 Å². The average molecular weight is 591 g/mol. The van der Waals surface area contributed by atoms with Crippen LogP contribution in [0.15, 0.2) is 53.7 Å². The quantitative estimate of drug-likeness (QED) is 0.302. The van der Waals surface area contributed by atoms with E-state index in [9.17, 15) is 41.0 Å². The molecule has 0 aliphatic rings. The van der Waals surface area contributed by atoms with E-state index in [2.05, 4.69) is 20.2 Å². The second kappa shape index (κ2) is 11.1. The molecule has 0 bridgehead atoms. The highest BCUT2D eigenvalue weighted by Crippen LogP contribution is 2.24. The maximum absolute atomic E-state index is 13.0. The standard InChI is InChI=1S/C22H17ClF6N8O3/c23-13-5-3-12(4-6-13)17-34-36(20(40)35(17)8-15(38)22(27,28)29)9-16-32-11-37(33-16)18-14(2-1-7-30-18)19(39)31-10-21(24,25)26/h1-7,11,15,38H,8-10H2,(H,31,39). The highest BCUT2D eigenvalue weighted by atomic mass is 35.5. The molecule has 1 unspecified atom stereocenters. The molecule has 11 nitrogen and oxygen atoms in total. The predicted molar refractivity (Wildman–Crippen MR) is 126 cm³/mol. The summed E-state index contributed by atoms with van der Waals surface area (Å²) in [6.45, 7) is -3.18. The highest BCUT2D eigenvalue weighted by molar-refractivity contribution is 6.30. The fraction of sp³-hybridized carbons (Fsp3) is 0.273. The van der Waals surface area contributed by atoms with E-state index in [4.69, 9.17) is 11.6 Å². The largest absolute Gasteiger partial charge is 0.416 e. The number of hydrogen-bond acceptors (Lipinski definition) is 7. The number of carbonyl (C=O) groups excluding carboxylic acids is 1. The molecule has 1 amide bonds. The van der Waals surface area contributed by atoms with Gasteiger partial charge in [0.05, 0.1) is 12.1 Å². The molecule has 212 valence electrons. The van der Waals surface area contributed by atoms with Crippen molar-refractivity contribution in [2.45, 2.75) is 31.5 Å². The van der Waals surface area contributed by atoms with Gasteiger partial charge in [-0.05, 0) is 36.4 Å². The Bertz CT molecular complexity index is 1560. The fourth-order valence-corrected chi connectivity index (χ4v) is 3.56. The first-order valence-corrected chi connectivity index (χ1v) is 11.5. The van der Waals surface area contributed by atoms with Gasteiger partial charge in [-0.2, -0.15) is 26.3 Å². The number of hydrogen-bond donors (Lipinski definition) is 2. The van der Waals surface area contributed by atoms with Crippen molar-refractivity contribution in [2.24, 2.45) is 0 Å². The Balaban J connectivity index is 1.65. The summed E-state index contributed by atoms with van der Waals surface area (Å²) in [4.78, 5) is 33.3. The number of nitrogens with one attached hydrogen (secondary N) is 1. The molecule has 1 atom stereocenters. The summed E-state index contributed by atoms with van der Waals surface area (Å²) in [7, 11) is 0. The monoisotopic (exact) mass is 590 g/mol. The van der Waals surface area contributed by atoms with Crippen LogP contribution < -0.4 is 11.0 Å². The van der Waals surface area contributed by atoms with Gasteiger partial charge in [-0.25, -0.2) is 24.1 Å². The van der Waals surface area contributed by atoms with E-state index < -0.39 is 49.7 Å². The van der Waals surface area contributed by atoms with Crippen LogP contribution in [0.3, 0.4) is 0 Å². The van der Waals surface area contributed by atoms with E-state index in [0.29, 0.717) is 9.59 Å². The van der Waals surface area contributed by atoms with Gasteiger partial charge in [0.25, 0.3) is 5.91 Å². The number of aliphatic hydroxyl groups excluding tert-OH is 1. The molecule has 4 aromatic rings. The normalized spacial score (nSPS) is 12.9.